The molecule has 2 rings (SSSR count). The third-order valence-corrected chi connectivity index (χ3v) is 2.92. The molecule has 0 bridgehead atoms. The van der Waals surface area contributed by atoms with Crippen molar-refractivity contribution >= 4 is 18.8 Å². The minimum absolute atomic E-state index is 0.0394. The maximum absolute atomic E-state index is 14.1. The van der Waals surface area contributed by atoms with Crippen LogP contribution in [0, 0.1) is 19.3 Å². The van der Waals surface area contributed by atoms with Crippen LogP contribution < -0.4 is 4.48 Å². The molecule has 0 aliphatic carbocycles. The molecule has 7 heteroatoms. The Morgan fingerprint density at radius 1 is 1.28 bits per heavy atom. The predicted molar refractivity (Wildman–Crippen MR) is 64.9 cm³/mol. The van der Waals surface area contributed by atoms with Gasteiger partial charge >= 0.3 is 12.9 Å². The van der Waals surface area contributed by atoms with E-state index in [1.165, 1.54) is 6.20 Å². The minimum atomic E-state index is -4.14. The number of halogens is 2. The van der Waals surface area contributed by atoms with Crippen LogP contribution in [0.15, 0.2) is 11.2 Å². The summed E-state index contributed by atoms with van der Waals surface area (Å²) in [7, 11) is -4.14. The Hall–Kier alpha value is -1.53. The number of aromatic nitrogens is 2. The lowest BCUT2D eigenvalue weighted by Gasteiger charge is -2.32. The summed E-state index contributed by atoms with van der Waals surface area (Å²) in [5.41, 5.74) is 0.342. The summed E-state index contributed by atoms with van der Waals surface area (Å²) in [5, 5.41) is 0. The first-order chi connectivity index (χ1) is 8.13. The monoisotopic (exact) mass is 255 g/mol. The van der Waals surface area contributed by atoms with Crippen molar-refractivity contribution in [1.82, 2.24) is 4.98 Å². The number of rotatable bonds is 0. The molecule has 0 unspecified atom stereocenters. The Kier molecular flexibility index (Phi) is 2.68. The summed E-state index contributed by atoms with van der Waals surface area (Å²) in [6, 6.07) is 0. The third kappa shape index (κ3) is 1.98. The maximum atomic E-state index is 14.1. The number of hydrogen-bond acceptors (Lipinski definition) is 3. The molecular weight excluding hydrogens is 239 g/mol. The summed E-state index contributed by atoms with van der Waals surface area (Å²) >= 11 is 0. The highest BCUT2D eigenvalue weighted by atomic mass is 19.3. The van der Waals surface area contributed by atoms with Crippen LogP contribution in [0.3, 0.4) is 0 Å². The topological polar surface area (TPSA) is 38.4 Å². The quantitative estimate of drug-likeness (QED) is 0.667. The number of aliphatic imine (C=N–C) groups is 1. The van der Waals surface area contributed by atoms with E-state index >= 15 is 0 Å². The number of fused-ring (bicyclic) bond motifs is 1. The van der Waals surface area contributed by atoms with Gasteiger partial charge in [0.15, 0.2) is 0 Å². The van der Waals surface area contributed by atoms with Crippen molar-refractivity contribution < 1.29 is 17.8 Å². The lowest BCUT2D eigenvalue weighted by atomic mass is 9.93. The average molecular weight is 255 g/mol. The first-order valence-corrected chi connectivity index (χ1v) is 5.80. The Morgan fingerprint density at radius 3 is 2.44 bits per heavy atom. The highest BCUT2D eigenvalue weighted by molar-refractivity contribution is 6.52. The van der Waals surface area contributed by atoms with Gasteiger partial charge in [-0.05, 0) is 39.6 Å². The molecule has 98 valence electrons. The second kappa shape index (κ2) is 3.73. The largest absolute Gasteiger partial charge is 0.736 e. The molecule has 1 aliphatic heterocycles. The second-order valence-electron chi connectivity index (χ2n) is 5.50. The molecule has 0 fully saturated rings. The van der Waals surface area contributed by atoms with Crippen LogP contribution in [-0.2, 0) is 4.65 Å². The summed E-state index contributed by atoms with van der Waals surface area (Å²) in [5.74, 6) is 0.178. The van der Waals surface area contributed by atoms with Crippen molar-refractivity contribution in [3.05, 3.63) is 17.6 Å². The van der Waals surface area contributed by atoms with Crippen molar-refractivity contribution in [2.24, 2.45) is 10.4 Å². The molecule has 0 amide bonds. The van der Waals surface area contributed by atoms with Gasteiger partial charge in [0, 0.05) is 0 Å². The molecular formula is C11H16BF2N3O. The fraction of sp³-hybridized carbons (Fsp3) is 0.545. The van der Waals surface area contributed by atoms with Gasteiger partial charge in [-0.3, -0.25) is 0 Å². The zero-order valence-electron chi connectivity index (χ0n) is 11.2. The molecule has 0 N–H and O–H groups in total. The molecule has 1 aromatic rings. The van der Waals surface area contributed by atoms with Crippen LogP contribution in [0.25, 0.3) is 0 Å². The summed E-state index contributed by atoms with van der Waals surface area (Å²) in [4.78, 5) is 8.21. The van der Waals surface area contributed by atoms with Crippen molar-refractivity contribution in [2.75, 3.05) is 0 Å². The van der Waals surface area contributed by atoms with E-state index in [4.69, 9.17) is 4.65 Å². The van der Waals surface area contributed by atoms with Crippen LogP contribution >= 0.6 is 0 Å². The zero-order chi connectivity index (χ0) is 13.7. The van der Waals surface area contributed by atoms with Crippen LogP contribution in [0.5, 0.6) is 0 Å². The van der Waals surface area contributed by atoms with Crippen LogP contribution in [0.2, 0.25) is 0 Å². The highest BCUT2D eigenvalue weighted by Gasteiger charge is 2.49. The van der Waals surface area contributed by atoms with Gasteiger partial charge in [-0.25, -0.2) is 4.98 Å². The number of aryl methyl sites for hydroxylation is 1. The van der Waals surface area contributed by atoms with Gasteiger partial charge in [-0.2, -0.15) is 0 Å². The fourth-order valence-electron chi connectivity index (χ4n) is 1.78. The Labute approximate surface area is 105 Å². The average Bonchev–Trinajstić information content (AvgIpc) is 2.20. The Balaban J connectivity index is 2.68. The van der Waals surface area contributed by atoms with E-state index in [-0.39, 0.29) is 11.7 Å². The van der Waals surface area contributed by atoms with Crippen molar-refractivity contribution in [1.29, 1.82) is 0 Å². The molecule has 2 heterocycles. The maximum Gasteiger partial charge on any atom is 0.736 e. The molecule has 0 aromatic carbocycles. The molecule has 1 aliphatic rings. The van der Waals surface area contributed by atoms with Gasteiger partial charge in [0.05, 0.1) is 16.8 Å². The normalized spacial score (nSPS) is 17.8. The van der Waals surface area contributed by atoms with Gasteiger partial charge in [0.1, 0.15) is 6.20 Å². The van der Waals surface area contributed by atoms with E-state index in [9.17, 15) is 8.63 Å². The fourth-order valence-corrected chi connectivity index (χ4v) is 1.78. The van der Waals surface area contributed by atoms with Gasteiger partial charge in [-0.15, -0.1) is 0 Å². The van der Waals surface area contributed by atoms with E-state index in [1.807, 2.05) is 0 Å². The summed E-state index contributed by atoms with van der Waals surface area (Å²) in [6.45, 7) is 8.60. The van der Waals surface area contributed by atoms with E-state index in [2.05, 4.69) is 9.98 Å². The van der Waals surface area contributed by atoms with Gasteiger partial charge in [-0.1, -0.05) is 0 Å². The predicted octanol–water partition coefficient (Wildman–Crippen LogP) is 2.31. The molecule has 18 heavy (non-hydrogen) atoms. The lowest BCUT2D eigenvalue weighted by Crippen LogP contribution is -2.66. The number of nitrogens with zero attached hydrogens (tertiary/aromatic N) is 3. The molecule has 0 atom stereocenters. The minimum Gasteiger partial charge on any atom is -0.593 e. The Bertz CT molecular complexity index is 538. The van der Waals surface area contributed by atoms with E-state index in [1.54, 1.807) is 34.6 Å². The summed E-state index contributed by atoms with van der Waals surface area (Å²) in [6.07, 6.45) is 1.35. The van der Waals surface area contributed by atoms with Crippen LogP contribution in [0.4, 0.5) is 14.4 Å². The smallest absolute Gasteiger partial charge is 0.593 e. The van der Waals surface area contributed by atoms with Gasteiger partial charge < -0.3 is 17.8 Å². The highest BCUT2D eigenvalue weighted by Crippen LogP contribution is 2.28. The van der Waals surface area contributed by atoms with E-state index in [0.29, 0.717) is 11.4 Å². The molecule has 1 aromatic heterocycles. The molecule has 4 nitrogen and oxygen atoms in total. The Morgan fingerprint density at radius 2 is 1.89 bits per heavy atom. The van der Waals surface area contributed by atoms with Crippen LogP contribution in [0.1, 0.15) is 32.2 Å². The zero-order valence-corrected chi connectivity index (χ0v) is 11.2. The molecule has 0 saturated heterocycles. The van der Waals surface area contributed by atoms with E-state index in [0.717, 1.165) is 4.48 Å². The first kappa shape index (κ1) is 12.9. The van der Waals surface area contributed by atoms with Gasteiger partial charge in [0.25, 0.3) is 5.90 Å². The van der Waals surface area contributed by atoms with Crippen molar-refractivity contribution in [2.45, 2.75) is 34.6 Å². The molecule has 0 spiro atoms. The van der Waals surface area contributed by atoms with Crippen molar-refractivity contribution in [3.8, 4) is 0 Å². The molecule has 0 radical (unpaired) electrons. The van der Waals surface area contributed by atoms with Crippen molar-refractivity contribution in [3.63, 3.8) is 0 Å². The standard InChI is InChI=1S/C11H16BF2N3O/c1-7-8(2)17-9(6-15-7)16-10(11(3,4)5)18-12(17,13)14/h6H,1-5H3. The third-order valence-electron chi connectivity index (χ3n) is 2.92. The van der Waals surface area contributed by atoms with E-state index < -0.39 is 12.5 Å². The second-order valence-corrected chi connectivity index (χ2v) is 5.50. The first-order valence-electron chi connectivity index (χ1n) is 5.80. The summed E-state index contributed by atoms with van der Waals surface area (Å²) < 4.78 is 33.9. The van der Waals surface area contributed by atoms with Crippen LogP contribution in [-0.4, -0.2) is 17.9 Å². The SMILES string of the molecule is Cc1ncc2[n+](c1C)[B-](F)(F)OC(C(C)(C)C)=N2. The molecule has 0 saturated carbocycles. The number of hydrogen-bond donors (Lipinski definition) is 0. The van der Waals surface area contributed by atoms with Gasteiger partial charge in [0.2, 0.25) is 0 Å². The lowest BCUT2D eigenvalue weighted by molar-refractivity contribution is -0.576.